The fraction of sp³-hybridized carbons (Fsp3) is 0.462. The highest BCUT2D eigenvalue weighted by Crippen LogP contribution is 2.19. The van der Waals surface area contributed by atoms with E-state index >= 15 is 0 Å². The normalized spacial score (nSPS) is 23.9. The van der Waals surface area contributed by atoms with E-state index in [0.717, 1.165) is 31.5 Å². The maximum atomic E-state index is 11.2. The highest BCUT2D eigenvalue weighted by Gasteiger charge is 2.23. The molecule has 0 bridgehead atoms. The lowest BCUT2D eigenvalue weighted by Gasteiger charge is -2.35. The molecule has 2 atom stereocenters. The number of carbonyl (C=O) groups is 1. The summed E-state index contributed by atoms with van der Waals surface area (Å²) in [6.45, 7) is 4.97. The van der Waals surface area contributed by atoms with E-state index < -0.39 is 0 Å². The van der Waals surface area contributed by atoms with E-state index in [-0.39, 0.29) is 6.04 Å². The molecule has 1 aromatic rings. The van der Waals surface area contributed by atoms with Crippen LogP contribution in [0.4, 0.5) is 0 Å². The van der Waals surface area contributed by atoms with Gasteiger partial charge in [-0.1, -0.05) is 30.3 Å². The van der Waals surface area contributed by atoms with Crippen molar-refractivity contribution in [2.45, 2.75) is 19.0 Å². The van der Waals surface area contributed by atoms with Crippen LogP contribution < -0.4 is 5.32 Å². The number of hydrogen-bond donors (Lipinski definition) is 1. The second-order valence-corrected chi connectivity index (χ2v) is 4.34. The van der Waals surface area contributed by atoms with Crippen molar-refractivity contribution in [2.24, 2.45) is 0 Å². The van der Waals surface area contributed by atoms with Crippen LogP contribution in [0.25, 0.3) is 0 Å². The molecule has 1 aliphatic heterocycles. The number of nitrogens with one attached hydrogen (secondary N) is 1. The van der Waals surface area contributed by atoms with E-state index in [1.165, 1.54) is 0 Å². The fourth-order valence-electron chi connectivity index (χ4n) is 2.24. The third-order valence-corrected chi connectivity index (χ3v) is 3.06. The zero-order chi connectivity index (χ0) is 11.4. The van der Waals surface area contributed by atoms with Gasteiger partial charge in [0.25, 0.3) is 0 Å². The maximum absolute atomic E-state index is 11.2. The summed E-state index contributed by atoms with van der Waals surface area (Å²) in [7, 11) is 0. The van der Waals surface area contributed by atoms with E-state index in [1.807, 2.05) is 30.3 Å². The lowest BCUT2D eigenvalue weighted by atomic mass is 10.0. The summed E-state index contributed by atoms with van der Waals surface area (Å²) < 4.78 is 0. The van der Waals surface area contributed by atoms with E-state index in [1.54, 1.807) is 0 Å². The van der Waals surface area contributed by atoms with Crippen molar-refractivity contribution >= 4 is 6.29 Å². The Kier molecular flexibility index (Phi) is 3.70. The summed E-state index contributed by atoms with van der Waals surface area (Å²) in [6, 6.07) is 10.4. The van der Waals surface area contributed by atoms with Gasteiger partial charge in [0.05, 0.1) is 6.04 Å². The number of rotatable bonds is 3. The van der Waals surface area contributed by atoms with Crippen LogP contribution in [0.5, 0.6) is 0 Å². The van der Waals surface area contributed by atoms with E-state index in [0.29, 0.717) is 6.04 Å². The largest absolute Gasteiger partial charge is 0.312 e. The molecule has 0 unspecified atom stereocenters. The van der Waals surface area contributed by atoms with Crippen molar-refractivity contribution in [3.63, 3.8) is 0 Å². The second kappa shape index (κ2) is 5.23. The SMILES string of the molecule is C[C@@H]1CN([C@@H](C=O)c2ccccc2)CCN1. The predicted molar refractivity (Wildman–Crippen MR) is 64.3 cm³/mol. The highest BCUT2D eigenvalue weighted by molar-refractivity contribution is 5.61. The molecule has 16 heavy (non-hydrogen) atoms. The van der Waals surface area contributed by atoms with Gasteiger partial charge in [-0.15, -0.1) is 0 Å². The number of benzene rings is 1. The van der Waals surface area contributed by atoms with Crippen LogP contribution in [-0.2, 0) is 4.79 Å². The predicted octanol–water partition coefficient (Wildman–Crippen LogP) is 1.22. The van der Waals surface area contributed by atoms with Crippen LogP contribution >= 0.6 is 0 Å². The van der Waals surface area contributed by atoms with E-state index in [4.69, 9.17) is 0 Å². The van der Waals surface area contributed by atoms with Crippen LogP contribution in [0.15, 0.2) is 30.3 Å². The van der Waals surface area contributed by atoms with Crippen molar-refractivity contribution in [3.8, 4) is 0 Å². The van der Waals surface area contributed by atoms with Gasteiger partial charge < -0.3 is 10.1 Å². The van der Waals surface area contributed by atoms with Crippen molar-refractivity contribution in [1.29, 1.82) is 0 Å². The first kappa shape index (κ1) is 11.3. The molecule has 0 radical (unpaired) electrons. The molecular weight excluding hydrogens is 200 g/mol. The zero-order valence-corrected chi connectivity index (χ0v) is 9.60. The average molecular weight is 218 g/mol. The van der Waals surface area contributed by atoms with E-state index in [2.05, 4.69) is 17.1 Å². The number of hydrogen-bond acceptors (Lipinski definition) is 3. The average Bonchev–Trinajstić information content (AvgIpc) is 2.31. The molecule has 1 aromatic carbocycles. The summed E-state index contributed by atoms with van der Waals surface area (Å²) in [5, 5.41) is 3.38. The minimum absolute atomic E-state index is 0.0919. The lowest BCUT2D eigenvalue weighted by Crippen LogP contribution is -2.50. The Morgan fingerprint density at radius 1 is 1.44 bits per heavy atom. The molecule has 0 saturated carbocycles. The van der Waals surface area contributed by atoms with Gasteiger partial charge in [0.2, 0.25) is 0 Å². The third kappa shape index (κ3) is 2.49. The first-order chi connectivity index (χ1) is 7.81. The Morgan fingerprint density at radius 2 is 2.19 bits per heavy atom. The molecule has 0 aromatic heterocycles. The van der Waals surface area contributed by atoms with Crippen LogP contribution in [0.2, 0.25) is 0 Å². The summed E-state index contributed by atoms with van der Waals surface area (Å²) >= 11 is 0. The molecule has 3 heteroatoms. The molecular formula is C13H18N2O. The molecule has 1 saturated heterocycles. The number of carbonyl (C=O) groups excluding carboxylic acids is 1. The lowest BCUT2D eigenvalue weighted by molar-refractivity contribution is -0.113. The fourth-order valence-corrected chi connectivity index (χ4v) is 2.24. The monoisotopic (exact) mass is 218 g/mol. The number of nitrogens with zero attached hydrogens (tertiary/aromatic N) is 1. The molecule has 0 amide bonds. The van der Waals surface area contributed by atoms with Gasteiger partial charge in [0.1, 0.15) is 6.29 Å². The molecule has 2 rings (SSSR count). The Labute approximate surface area is 96.5 Å². The van der Waals surface area contributed by atoms with Crippen molar-refractivity contribution in [2.75, 3.05) is 19.6 Å². The first-order valence-corrected chi connectivity index (χ1v) is 5.79. The van der Waals surface area contributed by atoms with Gasteiger partial charge >= 0.3 is 0 Å². The molecule has 1 N–H and O–H groups in total. The summed E-state index contributed by atoms with van der Waals surface area (Å²) in [4.78, 5) is 13.5. The second-order valence-electron chi connectivity index (χ2n) is 4.34. The van der Waals surface area contributed by atoms with Crippen LogP contribution in [0.3, 0.4) is 0 Å². The van der Waals surface area contributed by atoms with E-state index in [9.17, 15) is 4.79 Å². The minimum atomic E-state index is -0.0919. The summed E-state index contributed by atoms with van der Waals surface area (Å²) in [5.74, 6) is 0. The topological polar surface area (TPSA) is 32.3 Å². The molecule has 0 spiro atoms. The van der Waals surface area contributed by atoms with Crippen molar-refractivity contribution in [3.05, 3.63) is 35.9 Å². The van der Waals surface area contributed by atoms with Gasteiger partial charge in [-0.05, 0) is 12.5 Å². The van der Waals surface area contributed by atoms with Gasteiger partial charge in [-0.25, -0.2) is 0 Å². The Hall–Kier alpha value is -1.19. The zero-order valence-electron chi connectivity index (χ0n) is 9.60. The number of piperazine rings is 1. The van der Waals surface area contributed by atoms with Crippen molar-refractivity contribution in [1.82, 2.24) is 10.2 Å². The molecule has 1 aliphatic rings. The molecule has 0 aliphatic carbocycles. The first-order valence-electron chi connectivity index (χ1n) is 5.79. The molecule has 3 nitrogen and oxygen atoms in total. The Balaban J connectivity index is 2.13. The quantitative estimate of drug-likeness (QED) is 0.774. The highest BCUT2D eigenvalue weighted by atomic mass is 16.1. The Morgan fingerprint density at radius 3 is 2.81 bits per heavy atom. The van der Waals surface area contributed by atoms with Gasteiger partial charge in [-0.3, -0.25) is 4.90 Å². The van der Waals surface area contributed by atoms with Crippen LogP contribution in [0.1, 0.15) is 18.5 Å². The van der Waals surface area contributed by atoms with Crippen LogP contribution in [-0.4, -0.2) is 36.9 Å². The Bertz CT molecular complexity index is 339. The smallest absolute Gasteiger partial charge is 0.141 e. The maximum Gasteiger partial charge on any atom is 0.141 e. The molecule has 1 heterocycles. The standard InChI is InChI=1S/C13H18N2O/c1-11-9-15(8-7-14-11)13(10-16)12-5-3-2-4-6-12/h2-6,10-11,13-14H,7-9H2,1H3/t11-,13+/m1/s1. The minimum Gasteiger partial charge on any atom is -0.312 e. The van der Waals surface area contributed by atoms with Gasteiger partial charge in [-0.2, -0.15) is 0 Å². The summed E-state index contributed by atoms with van der Waals surface area (Å²) in [6.07, 6.45) is 1.05. The van der Waals surface area contributed by atoms with Gasteiger partial charge in [0, 0.05) is 25.7 Å². The third-order valence-electron chi connectivity index (χ3n) is 3.06. The van der Waals surface area contributed by atoms with Gasteiger partial charge in [0.15, 0.2) is 0 Å². The summed E-state index contributed by atoms with van der Waals surface area (Å²) in [5.41, 5.74) is 1.09. The number of aldehydes is 1. The van der Waals surface area contributed by atoms with Crippen LogP contribution in [0, 0.1) is 0 Å². The van der Waals surface area contributed by atoms with Crippen molar-refractivity contribution < 1.29 is 4.79 Å². The molecule has 86 valence electrons. The molecule has 1 fully saturated rings.